The summed E-state index contributed by atoms with van der Waals surface area (Å²) in [6.45, 7) is 5.49. The monoisotopic (exact) mass is 272 g/mol. The topological polar surface area (TPSA) is 81.0 Å². The number of nitro groups is 1. The number of nitro benzene ring substituents is 1. The summed E-state index contributed by atoms with van der Waals surface area (Å²) in [6, 6.07) is 8.20. The SMILES string of the molecule is CCNCc1cc(C)nc(-c2ccc([N+](=O)[O-])cc2)n1. The van der Waals surface area contributed by atoms with Crippen molar-refractivity contribution in [2.75, 3.05) is 6.54 Å². The molecular formula is C14H16N4O2. The second-order valence-electron chi connectivity index (χ2n) is 4.41. The van der Waals surface area contributed by atoms with Crippen molar-refractivity contribution in [1.82, 2.24) is 15.3 Å². The van der Waals surface area contributed by atoms with E-state index in [4.69, 9.17) is 0 Å². The summed E-state index contributed by atoms with van der Waals surface area (Å²) in [7, 11) is 0. The van der Waals surface area contributed by atoms with E-state index in [0.717, 1.165) is 23.5 Å². The number of non-ortho nitro benzene ring substituents is 1. The molecule has 2 rings (SSSR count). The van der Waals surface area contributed by atoms with Crippen LogP contribution in [0, 0.1) is 17.0 Å². The maximum atomic E-state index is 10.6. The van der Waals surface area contributed by atoms with Crippen LogP contribution in [0.3, 0.4) is 0 Å². The molecule has 0 aliphatic carbocycles. The van der Waals surface area contributed by atoms with Crippen LogP contribution in [0.5, 0.6) is 0 Å². The quantitative estimate of drug-likeness (QED) is 0.668. The minimum Gasteiger partial charge on any atom is -0.311 e. The van der Waals surface area contributed by atoms with Crippen molar-refractivity contribution in [3.8, 4) is 11.4 Å². The number of aryl methyl sites for hydroxylation is 1. The predicted molar refractivity (Wildman–Crippen MR) is 76.2 cm³/mol. The highest BCUT2D eigenvalue weighted by Crippen LogP contribution is 2.20. The predicted octanol–water partition coefficient (Wildman–Crippen LogP) is 2.47. The summed E-state index contributed by atoms with van der Waals surface area (Å²) in [5, 5.41) is 13.9. The van der Waals surface area contributed by atoms with E-state index in [1.165, 1.54) is 12.1 Å². The van der Waals surface area contributed by atoms with Gasteiger partial charge in [-0.1, -0.05) is 6.92 Å². The first-order valence-electron chi connectivity index (χ1n) is 6.40. The van der Waals surface area contributed by atoms with Gasteiger partial charge in [0, 0.05) is 29.9 Å². The molecule has 0 spiro atoms. The zero-order valence-corrected chi connectivity index (χ0v) is 11.5. The second-order valence-corrected chi connectivity index (χ2v) is 4.41. The van der Waals surface area contributed by atoms with Gasteiger partial charge in [0.15, 0.2) is 5.82 Å². The Bertz CT molecular complexity index is 611. The Hall–Kier alpha value is -2.34. The van der Waals surface area contributed by atoms with Gasteiger partial charge in [0.2, 0.25) is 0 Å². The maximum absolute atomic E-state index is 10.6. The fraction of sp³-hybridized carbons (Fsp3) is 0.286. The molecule has 0 unspecified atom stereocenters. The van der Waals surface area contributed by atoms with Crippen LogP contribution in [0.15, 0.2) is 30.3 Å². The van der Waals surface area contributed by atoms with Gasteiger partial charge in [0.1, 0.15) is 0 Å². The molecular weight excluding hydrogens is 256 g/mol. The third-order valence-corrected chi connectivity index (χ3v) is 2.80. The largest absolute Gasteiger partial charge is 0.311 e. The summed E-state index contributed by atoms with van der Waals surface area (Å²) in [6.07, 6.45) is 0. The Morgan fingerprint density at radius 3 is 2.55 bits per heavy atom. The number of nitrogens with one attached hydrogen (secondary N) is 1. The van der Waals surface area contributed by atoms with E-state index in [2.05, 4.69) is 15.3 Å². The number of hydrogen-bond donors (Lipinski definition) is 1. The summed E-state index contributed by atoms with van der Waals surface area (Å²) < 4.78 is 0. The van der Waals surface area contributed by atoms with Crippen LogP contribution in [-0.2, 0) is 6.54 Å². The average Bonchev–Trinajstić information content (AvgIpc) is 2.44. The fourth-order valence-electron chi connectivity index (χ4n) is 1.84. The van der Waals surface area contributed by atoms with Gasteiger partial charge in [-0.15, -0.1) is 0 Å². The Morgan fingerprint density at radius 2 is 1.95 bits per heavy atom. The molecule has 0 amide bonds. The van der Waals surface area contributed by atoms with Crippen LogP contribution in [-0.4, -0.2) is 21.4 Å². The lowest BCUT2D eigenvalue weighted by molar-refractivity contribution is -0.384. The number of nitrogens with zero attached hydrogens (tertiary/aromatic N) is 3. The van der Waals surface area contributed by atoms with E-state index in [1.54, 1.807) is 12.1 Å². The van der Waals surface area contributed by atoms with Crippen LogP contribution in [0.1, 0.15) is 18.3 Å². The zero-order valence-electron chi connectivity index (χ0n) is 11.5. The Morgan fingerprint density at radius 1 is 1.25 bits per heavy atom. The zero-order chi connectivity index (χ0) is 14.5. The molecule has 0 radical (unpaired) electrons. The van der Waals surface area contributed by atoms with Crippen LogP contribution < -0.4 is 5.32 Å². The van der Waals surface area contributed by atoms with Crippen molar-refractivity contribution in [2.45, 2.75) is 20.4 Å². The number of benzene rings is 1. The van der Waals surface area contributed by atoms with Crippen molar-refractivity contribution in [1.29, 1.82) is 0 Å². The highest BCUT2D eigenvalue weighted by Gasteiger charge is 2.08. The molecule has 6 heteroatoms. The van der Waals surface area contributed by atoms with Crippen molar-refractivity contribution >= 4 is 5.69 Å². The molecule has 1 aromatic carbocycles. The Balaban J connectivity index is 2.31. The molecule has 2 aromatic rings. The lowest BCUT2D eigenvalue weighted by Gasteiger charge is -2.06. The molecule has 0 saturated heterocycles. The Kier molecular flexibility index (Phi) is 4.37. The van der Waals surface area contributed by atoms with Gasteiger partial charge >= 0.3 is 0 Å². The standard InChI is InChI=1S/C14H16N4O2/c1-3-15-9-12-8-10(2)16-14(17-12)11-4-6-13(7-5-11)18(19)20/h4-8,15H,3,9H2,1-2H3. The van der Waals surface area contributed by atoms with E-state index in [0.29, 0.717) is 12.4 Å². The highest BCUT2D eigenvalue weighted by molar-refractivity contribution is 5.57. The first kappa shape index (κ1) is 14.1. The van der Waals surface area contributed by atoms with Crippen molar-refractivity contribution < 1.29 is 4.92 Å². The summed E-state index contributed by atoms with van der Waals surface area (Å²) in [4.78, 5) is 19.1. The molecule has 20 heavy (non-hydrogen) atoms. The van der Waals surface area contributed by atoms with Crippen LogP contribution in [0.25, 0.3) is 11.4 Å². The second kappa shape index (κ2) is 6.21. The smallest absolute Gasteiger partial charge is 0.269 e. The van der Waals surface area contributed by atoms with Crippen LogP contribution in [0.2, 0.25) is 0 Å². The number of rotatable bonds is 5. The van der Waals surface area contributed by atoms with Gasteiger partial charge in [0.05, 0.1) is 10.6 Å². The van der Waals surface area contributed by atoms with E-state index in [9.17, 15) is 10.1 Å². The molecule has 0 atom stereocenters. The van der Waals surface area contributed by atoms with E-state index >= 15 is 0 Å². The van der Waals surface area contributed by atoms with E-state index in [-0.39, 0.29) is 5.69 Å². The first-order chi connectivity index (χ1) is 9.60. The fourth-order valence-corrected chi connectivity index (χ4v) is 1.84. The van der Waals surface area contributed by atoms with Gasteiger partial charge in [-0.2, -0.15) is 0 Å². The molecule has 0 aliphatic rings. The van der Waals surface area contributed by atoms with Gasteiger partial charge in [-0.05, 0) is 31.7 Å². The van der Waals surface area contributed by atoms with Crippen molar-refractivity contribution in [3.05, 3.63) is 51.8 Å². The lowest BCUT2D eigenvalue weighted by Crippen LogP contribution is -2.13. The maximum Gasteiger partial charge on any atom is 0.269 e. The summed E-state index contributed by atoms with van der Waals surface area (Å²) in [5.74, 6) is 0.591. The number of aromatic nitrogens is 2. The van der Waals surface area contributed by atoms with Gasteiger partial charge < -0.3 is 5.32 Å². The summed E-state index contributed by atoms with van der Waals surface area (Å²) >= 11 is 0. The van der Waals surface area contributed by atoms with Gasteiger partial charge in [-0.3, -0.25) is 10.1 Å². The molecule has 1 heterocycles. The molecule has 0 aliphatic heterocycles. The molecule has 0 fully saturated rings. The minimum atomic E-state index is -0.419. The number of hydrogen-bond acceptors (Lipinski definition) is 5. The van der Waals surface area contributed by atoms with Crippen molar-refractivity contribution in [3.63, 3.8) is 0 Å². The third kappa shape index (κ3) is 3.36. The molecule has 0 saturated carbocycles. The van der Waals surface area contributed by atoms with Gasteiger partial charge in [-0.25, -0.2) is 9.97 Å². The Labute approximate surface area is 117 Å². The molecule has 1 aromatic heterocycles. The average molecular weight is 272 g/mol. The first-order valence-corrected chi connectivity index (χ1v) is 6.40. The van der Waals surface area contributed by atoms with Crippen molar-refractivity contribution in [2.24, 2.45) is 0 Å². The van der Waals surface area contributed by atoms with Gasteiger partial charge in [0.25, 0.3) is 5.69 Å². The van der Waals surface area contributed by atoms with Crippen LogP contribution >= 0.6 is 0 Å². The highest BCUT2D eigenvalue weighted by atomic mass is 16.6. The normalized spacial score (nSPS) is 10.5. The lowest BCUT2D eigenvalue weighted by atomic mass is 10.2. The van der Waals surface area contributed by atoms with E-state index in [1.807, 2.05) is 19.9 Å². The summed E-state index contributed by atoms with van der Waals surface area (Å²) in [5.41, 5.74) is 2.63. The third-order valence-electron chi connectivity index (χ3n) is 2.80. The van der Waals surface area contributed by atoms with E-state index < -0.39 is 4.92 Å². The van der Waals surface area contributed by atoms with Crippen LogP contribution in [0.4, 0.5) is 5.69 Å². The molecule has 6 nitrogen and oxygen atoms in total. The molecule has 0 bridgehead atoms. The molecule has 104 valence electrons. The minimum absolute atomic E-state index is 0.0641. The molecule has 1 N–H and O–H groups in total.